The van der Waals surface area contributed by atoms with E-state index in [0.717, 1.165) is 4.90 Å². The minimum atomic E-state index is -1.52. The van der Waals surface area contributed by atoms with Crippen molar-refractivity contribution in [3.05, 3.63) is 0 Å². The molecule has 2 amide bonds. The van der Waals surface area contributed by atoms with Gasteiger partial charge in [0.15, 0.2) is 6.29 Å². The molecule has 5 atom stereocenters. The van der Waals surface area contributed by atoms with Gasteiger partial charge in [0.2, 0.25) is 11.8 Å². The standard InChI is InChI=1S/C12H19NO8/c14-5-6-9(17)10(18)11(19)12(21-6)20-4-3-13-7(15)1-2-8(13)16/h6,9-12,14,17-19H,1-5H2/t6-,9+,10+,11-,12-/m1/s1. The maximum absolute atomic E-state index is 11.4. The zero-order valence-electron chi connectivity index (χ0n) is 11.3. The van der Waals surface area contributed by atoms with Crippen LogP contribution in [0, 0.1) is 0 Å². The molecule has 9 nitrogen and oxygen atoms in total. The van der Waals surface area contributed by atoms with Gasteiger partial charge < -0.3 is 29.9 Å². The Kier molecular flexibility index (Phi) is 5.25. The van der Waals surface area contributed by atoms with E-state index in [9.17, 15) is 24.9 Å². The lowest BCUT2D eigenvalue weighted by atomic mass is 9.99. The van der Waals surface area contributed by atoms with E-state index < -0.39 is 37.3 Å². The van der Waals surface area contributed by atoms with Gasteiger partial charge in [0.25, 0.3) is 0 Å². The summed E-state index contributed by atoms with van der Waals surface area (Å²) in [6, 6.07) is 0. The van der Waals surface area contributed by atoms with Crippen LogP contribution in [-0.2, 0) is 19.1 Å². The highest BCUT2D eigenvalue weighted by Crippen LogP contribution is 2.22. The van der Waals surface area contributed by atoms with Gasteiger partial charge in [0.1, 0.15) is 24.4 Å². The Hall–Kier alpha value is -1.10. The van der Waals surface area contributed by atoms with E-state index in [-0.39, 0.29) is 37.8 Å². The van der Waals surface area contributed by atoms with E-state index in [2.05, 4.69) is 0 Å². The molecule has 0 spiro atoms. The minimum Gasteiger partial charge on any atom is -0.394 e. The predicted octanol–water partition coefficient (Wildman–Crippen LogP) is -3.05. The van der Waals surface area contributed by atoms with E-state index >= 15 is 0 Å². The summed E-state index contributed by atoms with van der Waals surface area (Å²) in [4.78, 5) is 23.8. The molecule has 2 fully saturated rings. The summed E-state index contributed by atoms with van der Waals surface area (Å²) in [5.41, 5.74) is 0. The zero-order valence-corrected chi connectivity index (χ0v) is 11.3. The van der Waals surface area contributed by atoms with Gasteiger partial charge in [0, 0.05) is 12.8 Å². The van der Waals surface area contributed by atoms with Crippen LogP contribution in [0.25, 0.3) is 0 Å². The molecule has 0 unspecified atom stereocenters. The van der Waals surface area contributed by atoms with Crippen molar-refractivity contribution < 1.29 is 39.5 Å². The van der Waals surface area contributed by atoms with Gasteiger partial charge in [-0.05, 0) is 0 Å². The van der Waals surface area contributed by atoms with Gasteiger partial charge in [-0.1, -0.05) is 0 Å². The highest BCUT2D eigenvalue weighted by Gasteiger charge is 2.44. The number of hydrogen-bond donors (Lipinski definition) is 4. The van der Waals surface area contributed by atoms with Crippen LogP contribution in [0.1, 0.15) is 12.8 Å². The zero-order chi connectivity index (χ0) is 15.6. The molecule has 0 aliphatic carbocycles. The Morgan fingerprint density at radius 2 is 1.71 bits per heavy atom. The van der Waals surface area contributed by atoms with Crippen molar-refractivity contribution in [2.45, 2.75) is 43.5 Å². The van der Waals surface area contributed by atoms with Crippen LogP contribution in [0.2, 0.25) is 0 Å². The van der Waals surface area contributed by atoms with Gasteiger partial charge in [-0.3, -0.25) is 14.5 Å². The molecule has 2 saturated heterocycles. The van der Waals surface area contributed by atoms with Crippen molar-refractivity contribution >= 4 is 11.8 Å². The molecule has 2 aliphatic rings. The number of ether oxygens (including phenoxy) is 2. The minimum absolute atomic E-state index is 0.0205. The lowest BCUT2D eigenvalue weighted by Crippen LogP contribution is -2.59. The third kappa shape index (κ3) is 3.39. The largest absolute Gasteiger partial charge is 0.394 e. The maximum Gasteiger partial charge on any atom is 0.229 e. The maximum atomic E-state index is 11.4. The lowest BCUT2D eigenvalue weighted by Gasteiger charge is -2.39. The summed E-state index contributed by atoms with van der Waals surface area (Å²) in [5, 5.41) is 37.9. The van der Waals surface area contributed by atoms with Crippen molar-refractivity contribution in [3.63, 3.8) is 0 Å². The van der Waals surface area contributed by atoms with Gasteiger partial charge in [-0.2, -0.15) is 0 Å². The van der Waals surface area contributed by atoms with Crippen LogP contribution in [0.15, 0.2) is 0 Å². The second kappa shape index (κ2) is 6.77. The molecule has 2 heterocycles. The summed E-state index contributed by atoms with van der Waals surface area (Å²) in [5.74, 6) is -0.560. The third-order valence-electron chi connectivity index (χ3n) is 3.60. The molecular formula is C12H19NO8. The van der Waals surface area contributed by atoms with Crippen LogP contribution in [0.5, 0.6) is 0 Å². The molecule has 0 bridgehead atoms. The number of carbonyl (C=O) groups is 2. The molecule has 21 heavy (non-hydrogen) atoms. The first-order chi connectivity index (χ1) is 9.95. The van der Waals surface area contributed by atoms with Gasteiger partial charge >= 0.3 is 0 Å². The van der Waals surface area contributed by atoms with E-state index in [1.54, 1.807) is 0 Å². The molecular weight excluding hydrogens is 286 g/mol. The quantitative estimate of drug-likeness (QED) is 0.393. The van der Waals surface area contributed by atoms with Crippen LogP contribution >= 0.6 is 0 Å². The first-order valence-electron chi connectivity index (χ1n) is 6.71. The summed E-state index contributed by atoms with van der Waals surface area (Å²) in [6.07, 6.45) is -6.41. The molecule has 4 N–H and O–H groups in total. The van der Waals surface area contributed by atoms with Crippen molar-refractivity contribution in [2.24, 2.45) is 0 Å². The number of rotatable bonds is 5. The Morgan fingerprint density at radius 3 is 2.29 bits per heavy atom. The molecule has 0 aromatic heterocycles. The van der Waals surface area contributed by atoms with Crippen LogP contribution in [0.4, 0.5) is 0 Å². The van der Waals surface area contributed by atoms with E-state index in [0.29, 0.717) is 0 Å². The number of aliphatic hydroxyl groups is 4. The Morgan fingerprint density at radius 1 is 1.10 bits per heavy atom. The van der Waals surface area contributed by atoms with Crippen molar-refractivity contribution in [1.82, 2.24) is 4.90 Å². The molecule has 120 valence electrons. The molecule has 2 aliphatic heterocycles. The smallest absolute Gasteiger partial charge is 0.229 e. The summed E-state index contributed by atoms with van der Waals surface area (Å²) in [6.45, 7) is -0.610. The second-order valence-corrected chi connectivity index (χ2v) is 5.01. The van der Waals surface area contributed by atoms with Crippen molar-refractivity contribution in [2.75, 3.05) is 19.8 Å². The number of nitrogens with zero attached hydrogens (tertiary/aromatic N) is 1. The van der Waals surface area contributed by atoms with Crippen molar-refractivity contribution in [3.8, 4) is 0 Å². The topological polar surface area (TPSA) is 137 Å². The fourth-order valence-corrected chi connectivity index (χ4v) is 2.34. The fourth-order valence-electron chi connectivity index (χ4n) is 2.34. The normalized spacial score (nSPS) is 37.3. The highest BCUT2D eigenvalue weighted by atomic mass is 16.7. The van der Waals surface area contributed by atoms with Gasteiger partial charge in [0.05, 0.1) is 19.8 Å². The first-order valence-corrected chi connectivity index (χ1v) is 6.71. The molecule has 9 heteroatoms. The fraction of sp³-hybridized carbons (Fsp3) is 0.833. The number of imide groups is 1. The average Bonchev–Trinajstić information content (AvgIpc) is 2.79. The summed E-state index contributed by atoms with van der Waals surface area (Å²) >= 11 is 0. The predicted molar refractivity (Wildman–Crippen MR) is 65.7 cm³/mol. The SMILES string of the molecule is O=C1CCC(=O)N1CCO[C@@H]1O[C@H](CO)[C@H](O)[C@H](O)[C@H]1O. The molecule has 0 saturated carbocycles. The Bertz CT molecular complexity index is 385. The number of hydrogen-bond acceptors (Lipinski definition) is 8. The van der Waals surface area contributed by atoms with Crippen LogP contribution < -0.4 is 0 Å². The third-order valence-corrected chi connectivity index (χ3v) is 3.60. The first kappa shape index (κ1) is 16.3. The Balaban J connectivity index is 1.84. The van der Waals surface area contributed by atoms with Gasteiger partial charge in [-0.25, -0.2) is 0 Å². The summed E-state index contributed by atoms with van der Waals surface area (Å²) in [7, 11) is 0. The number of carbonyl (C=O) groups excluding carboxylic acids is 2. The summed E-state index contributed by atoms with van der Waals surface area (Å²) < 4.78 is 10.3. The van der Waals surface area contributed by atoms with Crippen molar-refractivity contribution in [1.29, 1.82) is 0 Å². The van der Waals surface area contributed by atoms with E-state index in [1.165, 1.54) is 0 Å². The average molecular weight is 305 g/mol. The number of likely N-dealkylation sites (tertiary alicyclic amines) is 1. The monoisotopic (exact) mass is 305 g/mol. The van der Waals surface area contributed by atoms with Crippen LogP contribution in [0.3, 0.4) is 0 Å². The molecule has 0 aromatic rings. The van der Waals surface area contributed by atoms with E-state index in [1.807, 2.05) is 0 Å². The van der Waals surface area contributed by atoms with E-state index in [4.69, 9.17) is 14.6 Å². The van der Waals surface area contributed by atoms with Gasteiger partial charge in [-0.15, -0.1) is 0 Å². The Labute approximate surface area is 120 Å². The molecule has 0 aromatic carbocycles. The molecule has 0 radical (unpaired) electrons. The lowest BCUT2D eigenvalue weighted by molar-refractivity contribution is -0.301. The highest BCUT2D eigenvalue weighted by molar-refractivity contribution is 6.01. The van der Waals surface area contributed by atoms with Crippen LogP contribution in [-0.4, -0.2) is 87.6 Å². The number of amides is 2. The number of aliphatic hydroxyl groups excluding tert-OH is 4. The molecule has 2 rings (SSSR count). The second-order valence-electron chi connectivity index (χ2n) is 5.01.